The van der Waals surface area contributed by atoms with E-state index in [1.807, 2.05) is 12.4 Å². The van der Waals surface area contributed by atoms with E-state index in [0.717, 1.165) is 18.1 Å². The molecular weight excluding hydrogens is 418 g/mol. The minimum atomic E-state index is 0.678. The van der Waals surface area contributed by atoms with Crippen molar-refractivity contribution >= 4 is 21.9 Å². The Bertz CT molecular complexity index is 1270. The van der Waals surface area contributed by atoms with Crippen molar-refractivity contribution in [2.45, 2.75) is 57.9 Å². The summed E-state index contributed by atoms with van der Waals surface area (Å²) < 4.78 is 0. The third-order valence-electron chi connectivity index (χ3n) is 8.53. The van der Waals surface area contributed by atoms with Crippen LogP contribution in [0.4, 0.5) is 0 Å². The second-order valence-electron chi connectivity index (χ2n) is 10.2. The number of aryl methyl sites for hydroxylation is 1. The zero-order valence-electron chi connectivity index (χ0n) is 20.6. The number of fused-ring (bicyclic) bond motifs is 2. The number of benzene rings is 1. The average molecular weight is 456 g/mol. The summed E-state index contributed by atoms with van der Waals surface area (Å²) in [7, 11) is 0. The van der Waals surface area contributed by atoms with Crippen LogP contribution in [0, 0.1) is 0 Å². The molecular formula is C29H37N5. The largest absolute Gasteiger partial charge is 0.354 e. The van der Waals surface area contributed by atoms with Crippen LogP contribution in [-0.2, 0) is 6.42 Å². The molecule has 0 amide bonds. The number of pyridine rings is 1. The molecule has 4 aromatic rings. The first kappa shape index (κ1) is 21.9. The van der Waals surface area contributed by atoms with Gasteiger partial charge in [0.05, 0.1) is 5.69 Å². The highest BCUT2D eigenvalue weighted by molar-refractivity contribution is 5.98. The number of nitrogens with zero attached hydrogens (tertiary/aromatic N) is 3. The first-order valence-corrected chi connectivity index (χ1v) is 13.3. The molecule has 1 aromatic carbocycles. The van der Waals surface area contributed by atoms with Crippen LogP contribution in [0.15, 0.2) is 42.7 Å². The maximum absolute atomic E-state index is 4.48. The van der Waals surface area contributed by atoms with Gasteiger partial charge in [-0.2, -0.15) is 0 Å². The van der Waals surface area contributed by atoms with E-state index in [-0.39, 0.29) is 0 Å². The van der Waals surface area contributed by atoms with Crippen molar-refractivity contribution in [3.63, 3.8) is 0 Å². The molecule has 3 aromatic heterocycles. The molecule has 5 heterocycles. The van der Waals surface area contributed by atoms with Crippen molar-refractivity contribution in [2.24, 2.45) is 0 Å². The van der Waals surface area contributed by atoms with E-state index in [1.165, 1.54) is 97.1 Å². The van der Waals surface area contributed by atoms with Gasteiger partial charge in [0, 0.05) is 40.3 Å². The summed E-state index contributed by atoms with van der Waals surface area (Å²) in [6.07, 6.45) is 10.2. The number of piperidine rings is 2. The molecule has 0 bridgehead atoms. The third-order valence-corrected chi connectivity index (χ3v) is 8.53. The minimum Gasteiger partial charge on any atom is -0.354 e. The van der Waals surface area contributed by atoms with Gasteiger partial charge in [-0.15, -0.1) is 0 Å². The maximum Gasteiger partial charge on any atom is 0.137 e. The van der Waals surface area contributed by atoms with Gasteiger partial charge in [0.25, 0.3) is 0 Å². The normalized spacial score (nSPS) is 19.5. The second kappa shape index (κ2) is 9.20. The van der Waals surface area contributed by atoms with Gasteiger partial charge in [-0.05, 0) is 106 Å². The van der Waals surface area contributed by atoms with Gasteiger partial charge in [0.15, 0.2) is 0 Å². The van der Waals surface area contributed by atoms with E-state index in [1.54, 1.807) is 0 Å². The Morgan fingerprint density at radius 3 is 2.53 bits per heavy atom. The summed E-state index contributed by atoms with van der Waals surface area (Å²) in [5, 5.41) is 2.57. The highest BCUT2D eigenvalue weighted by Gasteiger charge is 2.28. The summed E-state index contributed by atoms with van der Waals surface area (Å²) in [6, 6.07) is 12.3. The molecule has 0 unspecified atom stereocenters. The zero-order chi connectivity index (χ0) is 23.1. The number of nitrogens with one attached hydrogen (secondary N) is 2. The molecule has 5 heteroatoms. The number of aromatic nitrogens is 3. The monoisotopic (exact) mass is 455 g/mol. The van der Waals surface area contributed by atoms with E-state index in [2.05, 4.69) is 68.9 Å². The predicted molar refractivity (Wildman–Crippen MR) is 141 cm³/mol. The Labute approximate surface area is 202 Å². The van der Waals surface area contributed by atoms with Crippen LogP contribution in [0.25, 0.3) is 33.2 Å². The molecule has 6 rings (SSSR count). The topological polar surface area (TPSA) is 51.0 Å². The molecule has 0 saturated carbocycles. The molecule has 2 saturated heterocycles. The summed E-state index contributed by atoms with van der Waals surface area (Å²) in [4.78, 5) is 16.9. The quantitative estimate of drug-likeness (QED) is 0.392. The number of aromatic amines is 2. The van der Waals surface area contributed by atoms with Crippen molar-refractivity contribution in [3.05, 3.63) is 53.9 Å². The first-order chi connectivity index (χ1) is 16.7. The average Bonchev–Trinajstić information content (AvgIpc) is 3.53. The lowest BCUT2D eigenvalue weighted by Gasteiger charge is -2.41. The Morgan fingerprint density at radius 2 is 1.76 bits per heavy atom. The third kappa shape index (κ3) is 3.85. The molecule has 2 aliphatic rings. The smallest absolute Gasteiger partial charge is 0.137 e. The first-order valence-electron chi connectivity index (χ1n) is 13.3. The van der Waals surface area contributed by atoms with Crippen LogP contribution in [0.1, 0.15) is 56.6 Å². The van der Waals surface area contributed by atoms with Crippen LogP contribution in [0.3, 0.4) is 0 Å². The SMILES string of the molecule is CCc1c(-c2ccnc3[nH]ccc23)[nH]c2ccc(C3CCN(C4CCN(CC)CC4)CC3)cc12. The van der Waals surface area contributed by atoms with Crippen LogP contribution < -0.4 is 0 Å². The van der Waals surface area contributed by atoms with Gasteiger partial charge in [-0.3, -0.25) is 0 Å². The predicted octanol–water partition coefficient (Wildman–Crippen LogP) is 5.94. The fourth-order valence-electron chi connectivity index (χ4n) is 6.49. The second-order valence-corrected chi connectivity index (χ2v) is 10.2. The van der Waals surface area contributed by atoms with Gasteiger partial charge < -0.3 is 19.8 Å². The van der Waals surface area contributed by atoms with E-state index in [9.17, 15) is 0 Å². The lowest BCUT2D eigenvalue weighted by molar-refractivity contribution is 0.0895. The highest BCUT2D eigenvalue weighted by Crippen LogP contribution is 2.37. The fourth-order valence-corrected chi connectivity index (χ4v) is 6.49. The van der Waals surface area contributed by atoms with Crippen molar-refractivity contribution in [1.29, 1.82) is 0 Å². The number of hydrogen-bond acceptors (Lipinski definition) is 3. The van der Waals surface area contributed by atoms with Crippen LogP contribution in [-0.4, -0.2) is 63.5 Å². The van der Waals surface area contributed by atoms with Gasteiger partial charge in [-0.1, -0.05) is 19.9 Å². The molecule has 0 spiro atoms. The molecule has 2 N–H and O–H groups in total. The summed E-state index contributed by atoms with van der Waals surface area (Å²) in [5.41, 5.74) is 7.63. The van der Waals surface area contributed by atoms with Gasteiger partial charge >= 0.3 is 0 Å². The number of rotatable bonds is 5. The van der Waals surface area contributed by atoms with Crippen molar-refractivity contribution < 1.29 is 0 Å². The molecule has 0 aliphatic carbocycles. The van der Waals surface area contributed by atoms with Gasteiger partial charge in [0.1, 0.15) is 5.65 Å². The fraction of sp³-hybridized carbons (Fsp3) is 0.483. The summed E-state index contributed by atoms with van der Waals surface area (Å²) in [6.45, 7) is 10.8. The Hall–Kier alpha value is -2.63. The van der Waals surface area contributed by atoms with Crippen molar-refractivity contribution in [2.75, 3.05) is 32.7 Å². The molecule has 34 heavy (non-hydrogen) atoms. The van der Waals surface area contributed by atoms with Crippen molar-refractivity contribution in [1.82, 2.24) is 24.8 Å². The Kier molecular flexibility index (Phi) is 5.92. The van der Waals surface area contributed by atoms with Gasteiger partial charge in [-0.25, -0.2) is 4.98 Å². The Balaban J connectivity index is 1.23. The van der Waals surface area contributed by atoms with Crippen LogP contribution >= 0.6 is 0 Å². The molecule has 0 radical (unpaired) electrons. The molecule has 2 aliphatic heterocycles. The lowest BCUT2D eigenvalue weighted by Crippen LogP contribution is -2.47. The number of likely N-dealkylation sites (tertiary alicyclic amines) is 2. The van der Waals surface area contributed by atoms with Crippen LogP contribution in [0.5, 0.6) is 0 Å². The maximum atomic E-state index is 4.48. The Morgan fingerprint density at radius 1 is 0.941 bits per heavy atom. The van der Waals surface area contributed by atoms with Crippen molar-refractivity contribution in [3.8, 4) is 11.3 Å². The molecule has 5 nitrogen and oxygen atoms in total. The minimum absolute atomic E-state index is 0.678. The van der Waals surface area contributed by atoms with E-state index >= 15 is 0 Å². The zero-order valence-corrected chi connectivity index (χ0v) is 20.6. The summed E-state index contributed by atoms with van der Waals surface area (Å²) in [5.74, 6) is 0.678. The highest BCUT2D eigenvalue weighted by atomic mass is 15.2. The van der Waals surface area contributed by atoms with Crippen LogP contribution in [0.2, 0.25) is 0 Å². The van der Waals surface area contributed by atoms with E-state index in [0.29, 0.717) is 5.92 Å². The number of H-pyrrole nitrogens is 2. The van der Waals surface area contributed by atoms with Gasteiger partial charge in [0.2, 0.25) is 0 Å². The van der Waals surface area contributed by atoms with E-state index in [4.69, 9.17) is 0 Å². The molecule has 0 atom stereocenters. The summed E-state index contributed by atoms with van der Waals surface area (Å²) >= 11 is 0. The number of hydrogen-bond donors (Lipinski definition) is 2. The van der Waals surface area contributed by atoms with E-state index < -0.39 is 0 Å². The molecule has 178 valence electrons. The lowest BCUT2D eigenvalue weighted by atomic mass is 9.87. The standard InChI is InChI=1S/C29H37N5/c1-3-23-26-19-21(20-9-17-34(18-10-20)22-11-15-33(4-2)16-12-22)5-6-27(26)32-28(23)24-7-13-30-29-25(24)8-14-31-29/h5-8,13-14,19-20,22,32H,3-4,9-12,15-18H2,1-2H3,(H,30,31). The molecule has 2 fully saturated rings.